The number of phenols is 1. The van der Waals surface area contributed by atoms with E-state index in [1.807, 2.05) is 7.05 Å². The first-order valence-corrected chi connectivity index (χ1v) is 10.9. The van der Waals surface area contributed by atoms with Gasteiger partial charge in [-0.2, -0.15) is 5.10 Å². The third-order valence-electron chi connectivity index (χ3n) is 5.98. The van der Waals surface area contributed by atoms with Crippen LogP contribution < -0.4 is 22.5 Å². The number of carbonyl (C=O) groups is 1. The minimum atomic E-state index is -0.569. The van der Waals surface area contributed by atoms with Crippen molar-refractivity contribution in [1.29, 1.82) is 0 Å². The third-order valence-corrected chi connectivity index (χ3v) is 5.98. The molecule has 1 fully saturated rings. The van der Waals surface area contributed by atoms with E-state index < -0.39 is 5.91 Å². The number of rotatable bonds is 6. The smallest absolute Gasteiger partial charge is 0.251 e. The Balaban J connectivity index is 1.77. The van der Waals surface area contributed by atoms with Gasteiger partial charge in [-0.1, -0.05) is 0 Å². The zero-order valence-corrected chi connectivity index (χ0v) is 20.0. The van der Waals surface area contributed by atoms with E-state index in [0.717, 1.165) is 12.8 Å². The fraction of sp³-hybridized carbons (Fsp3) is 0.417. The van der Waals surface area contributed by atoms with E-state index in [1.165, 1.54) is 23.1 Å². The molecule has 2 aromatic rings. The number of benzene rings is 1. The van der Waals surface area contributed by atoms with Crippen LogP contribution in [0.5, 0.6) is 5.75 Å². The summed E-state index contributed by atoms with van der Waals surface area (Å²) in [6, 6.07) is 5.24. The van der Waals surface area contributed by atoms with Gasteiger partial charge in [0.2, 0.25) is 0 Å². The predicted molar refractivity (Wildman–Crippen MR) is 130 cm³/mol. The molecule has 178 valence electrons. The second-order valence-corrected chi connectivity index (χ2v) is 10.0. The average molecular weight is 454 g/mol. The summed E-state index contributed by atoms with van der Waals surface area (Å²) >= 11 is 0. The van der Waals surface area contributed by atoms with Crippen LogP contribution in [0.2, 0.25) is 0 Å². The number of aromatic hydroxyl groups is 1. The number of carbonyl (C=O) groups excluding carboxylic acids is 1. The Morgan fingerprint density at radius 2 is 1.82 bits per heavy atom. The molecule has 0 atom stereocenters. The van der Waals surface area contributed by atoms with Gasteiger partial charge in [0.25, 0.3) is 5.91 Å². The van der Waals surface area contributed by atoms with Crippen molar-refractivity contribution in [1.82, 2.24) is 20.0 Å². The highest BCUT2D eigenvalue weighted by Crippen LogP contribution is 2.32. The fourth-order valence-corrected chi connectivity index (χ4v) is 4.63. The molecule has 0 saturated carbocycles. The van der Waals surface area contributed by atoms with Crippen LogP contribution in [0.15, 0.2) is 48.6 Å². The highest BCUT2D eigenvalue weighted by Gasteiger charge is 2.39. The van der Waals surface area contributed by atoms with Crippen molar-refractivity contribution in [2.24, 2.45) is 17.2 Å². The van der Waals surface area contributed by atoms with Gasteiger partial charge in [-0.05, 0) is 64.8 Å². The van der Waals surface area contributed by atoms with Crippen LogP contribution in [-0.2, 0) is 0 Å². The average Bonchev–Trinajstić information content (AvgIpc) is 3.19. The number of nitrogens with two attached hydrogens (primary N) is 3. The second kappa shape index (κ2) is 8.82. The molecule has 1 amide bonds. The number of piperidine rings is 1. The van der Waals surface area contributed by atoms with Gasteiger partial charge >= 0.3 is 0 Å². The lowest BCUT2D eigenvalue weighted by Gasteiger charge is -2.49. The van der Waals surface area contributed by atoms with E-state index >= 15 is 0 Å². The van der Waals surface area contributed by atoms with Gasteiger partial charge in [0.05, 0.1) is 23.3 Å². The Labute approximate surface area is 194 Å². The minimum absolute atomic E-state index is 0.0101. The summed E-state index contributed by atoms with van der Waals surface area (Å²) in [5, 5.41) is 18.3. The summed E-state index contributed by atoms with van der Waals surface area (Å²) in [5.74, 6) is 0.0165. The maximum atomic E-state index is 11.3. The summed E-state index contributed by atoms with van der Waals surface area (Å²) in [6.45, 7) is 8.82. The van der Waals surface area contributed by atoms with Gasteiger partial charge in [0, 0.05) is 47.7 Å². The molecule has 8 N–H and O–H groups in total. The van der Waals surface area contributed by atoms with Gasteiger partial charge in [-0.3, -0.25) is 4.79 Å². The molecule has 0 unspecified atom stereocenters. The number of primary amides is 1. The van der Waals surface area contributed by atoms with Gasteiger partial charge in [-0.15, -0.1) is 0 Å². The van der Waals surface area contributed by atoms with Crippen molar-refractivity contribution < 1.29 is 9.90 Å². The minimum Gasteiger partial charge on any atom is -0.507 e. The second-order valence-electron chi connectivity index (χ2n) is 10.0. The molecule has 1 aliphatic rings. The Morgan fingerprint density at radius 1 is 1.18 bits per heavy atom. The first-order chi connectivity index (χ1) is 15.3. The molecule has 3 rings (SSSR count). The topological polar surface area (TPSA) is 148 Å². The third kappa shape index (κ3) is 5.67. The number of hydrogen-bond donors (Lipinski definition) is 5. The van der Waals surface area contributed by atoms with Crippen molar-refractivity contribution >= 4 is 11.6 Å². The van der Waals surface area contributed by atoms with Crippen LogP contribution >= 0.6 is 0 Å². The van der Waals surface area contributed by atoms with E-state index in [0.29, 0.717) is 22.8 Å². The summed E-state index contributed by atoms with van der Waals surface area (Å²) in [6.07, 6.45) is 8.25. The zero-order chi connectivity index (χ0) is 24.6. The van der Waals surface area contributed by atoms with Crippen LogP contribution in [-0.4, -0.2) is 49.9 Å². The lowest BCUT2D eigenvalue weighted by atomic mass is 9.79. The monoisotopic (exact) mass is 453 g/mol. The van der Waals surface area contributed by atoms with Crippen molar-refractivity contribution in [2.45, 2.75) is 57.7 Å². The number of nitrogens with one attached hydrogen (secondary N) is 1. The van der Waals surface area contributed by atoms with Crippen molar-refractivity contribution in [3.8, 4) is 11.4 Å². The molecule has 1 aromatic heterocycles. The quantitative estimate of drug-likeness (QED) is 0.420. The van der Waals surface area contributed by atoms with Crippen molar-refractivity contribution in [3.63, 3.8) is 0 Å². The molecule has 2 heterocycles. The van der Waals surface area contributed by atoms with Crippen LogP contribution in [0, 0.1) is 0 Å². The lowest BCUT2D eigenvalue weighted by Crippen LogP contribution is -2.61. The van der Waals surface area contributed by atoms with Crippen LogP contribution in [0.1, 0.15) is 56.5 Å². The van der Waals surface area contributed by atoms with Crippen molar-refractivity contribution in [3.05, 3.63) is 59.7 Å². The molecule has 0 radical (unpaired) electrons. The number of allylic oxidation sites excluding steroid dienone is 2. The Kier molecular flexibility index (Phi) is 6.46. The standard InChI is InChI=1S/C24H35N7O2/c1-23(2)11-17(12-24(3,4)29-23)30(5)21(26)9-8-19(25)18-7-6-16(10-20(18)32)31-14-15(13-28-31)22(27)33/h6-10,13-14,17,29,32H,11-12,25-26H2,1-5H3,(H2,27,33)/b19-8-,21-9+. The Morgan fingerprint density at radius 3 is 2.36 bits per heavy atom. The summed E-state index contributed by atoms with van der Waals surface area (Å²) < 4.78 is 1.46. The normalized spacial score (nSPS) is 18.8. The van der Waals surface area contributed by atoms with E-state index in [1.54, 1.807) is 24.3 Å². The highest BCUT2D eigenvalue weighted by molar-refractivity contribution is 5.92. The number of aromatic nitrogens is 2. The SMILES string of the molecule is CN(/C(N)=C/C=C(\N)c1ccc(-n2cc(C(N)=O)cn2)cc1O)C1CC(C)(C)NC(C)(C)C1. The van der Waals surface area contributed by atoms with Crippen LogP contribution in [0.25, 0.3) is 11.4 Å². The van der Waals surface area contributed by atoms with Gasteiger partial charge in [0.1, 0.15) is 5.75 Å². The summed E-state index contributed by atoms with van der Waals surface area (Å²) in [5.41, 5.74) is 19.6. The molecule has 1 aliphatic heterocycles. The number of nitrogens with zero attached hydrogens (tertiary/aromatic N) is 3. The predicted octanol–water partition coefficient (Wildman–Crippen LogP) is 2.02. The number of amides is 1. The maximum absolute atomic E-state index is 11.3. The molecule has 1 aromatic carbocycles. The summed E-state index contributed by atoms with van der Waals surface area (Å²) in [7, 11) is 1.99. The van der Waals surface area contributed by atoms with Crippen LogP contribution in [0.4, 0.5) is 0 Å². The van der Waals surface area contributed by atoms with Crippen LogP contribution in [0.3, 0.4) is 0 Å². The number of phenolic OH excluding ortho intramolecular Hbond substituents is 1. The maximum Gasteiger partial charge on any atom is 0.251 e. The highest BCUT2D eigenvalue weighted by atomic mass is 16.3. The molecule has 0 bridgehead atoms. The van der Waals surface area contributed by atoms with E-state index in [2.05, 4.69) is 43.0 Å². The molecule has 0 aliphatic carbocycles. The molecular weight excluding hydrogens is 418 g/mol. The number of hydrogen-bond acceptors (Lipinski definition) is 7. The molecule has 0 spiro atoms. The largest absolute Gasteiger partial charge is 0.507 e. The van der Waals surface area contributed by atoms with E-state index in [4.69, 9.17) is 17.2 Å². The molecule has 33 heavy (non-hydrogen) atoms. The fourth-order valence-electron chi connectivity index (χ4n) is 4.63. The molecule has 1 saturated heterocycles. The molecule has 9 heteroatoms. The van der Waals surface area contributed by atoms with E-state index in [9.17, 15) is 9.90 Å². The zero-order valence-electron chi connectivity index (χ0n) is 20.0. The molecule has 9 nitrogen and oxygen atoms in total. The Hall–Kier alpha value is -3.46. The van der Waals surface area contributed by atoms with E-state index in [-0.39, 0.29) is 28.4 Å². The first kappa shape index (κ1) is 24.2. The van der Waals surface area contributed by atoms with Gasteiger partial charge in [-0.25, -0.2) is 4.68 Å². The summed E-state index contributed by atoms with van der Waals surface area (Å²) in [4.78, 5) is 13.4. The molecular formula is C24H35N7O2. The lowest BCUT2D eigenvalue weighted by molar-refractivity contribution is 0.0979. The van der Waals surface area contributed by atoms with Gasteiger partial charge in [0.15, 0.2) is 0 Å². The first-order valence-electron chi connectivity index (χ1n) is 10.9. The Bertz CT molecular complexity index is 1080. The van der Waals surface area contributed by atoms with Crippen molar-refractivity contribution in [2.75, 3.05) is 7.05 Å². The van der Waals surface area contributed by atoms with Gasteiger partial charge < -0.3 is 32.5 Å².